The quantitative estimate of drug-likeness (QED) is 0.240. The largest absolute Gasteiger partial charge is 0.289 e. The molecule has 1 aliphatic rings. The predicted octanol–water partition coefficient (Wildman–Crippen LogP) is 5.25. The minimum atomic E-state index is -0.279. The van der Waals surface area contributed by atoms with Gasteiger partial charge in [-0.15, -0.1) is 0 Å². The number of rotatable bonds is 3. The molecule has 0 aliphatic heterocycles. The van der Waals surface area contributed by atoms with Gasteiger partial charge in [0.1, 0.15) is 5.69 Å². The Kier molecular flexibility index (Phi) is 4.32. The molecule has 1 aliphatic carbocycles. The van der Waals surface area contributed by atoms with E-state index in [1.165, 1.54) is 5.56 Å². The third kappa shape index (κ3) is 2.98. The van der Waals surface area contributed by atoms with E-state index < -0.39 is 0 Å². The summed E-state index contributed by atoms with van der Waals surface area (Å²) in [6.07, 6.45) is 3.41. The number of fused-ring (bicyclic) bond motifs is 5. The van der Waals surface area contributed by atoms with Crippen molar-refractivity contribution in [3.05, 3.63) is 101 Å². The molecule has 0 saturated heterocycles. The van der Waals surface area contributed by atoms with Gasteiger partial charge in [0.15, 0.2) is 0 Å². The highest BCUT2D eigenvalue weighted by molar-refractivity contribution is 6.13. The highest BCUT2D eigenvalue weighted by Crippen LogP contribution is 2.33. The molecule has 2 N–H and O–H groups in total. The Morgan fingerprint density at radius 3 is 2.38 bits per heavy atom. The molecule has 0 fully saturated rings. The Morgan fingerprint density at radius 1 is 0.906 bits per heavy atom. The van der Waals surface area contributed by atoms with Crippen molar-refractivity contribution in [3.8, 4) is 11.3 Å². The molecule has 0 atom stereocenters. The van der Waals surface area contributed by atoms with Crippen LogP contribution in [0.25, 0.3) is 32.8 Å². The summed E-state index contributed by atoms with van der Waals surface area (Å²) in [5, 5.41) is 16.1. The number of hydrogen-bond donors (Lipinski definition) is 2. The SMILES string of the molecule is O=C(NN=Cc1c2ccccc2cc2ccccc12)c1[nH]nc2c1CCc1ccccc1-2. The number of amides is 1. The van der Waals surface area contributed by atoms with Gasteiger partial charge in [-0.25, -0.2) is 5.43 Å². The number of carbonyl (C=O) groups excluding carboxylic acids is 1. The standard InChI is InChI=1S/C27H20N4O/c32-27(26-23-14-13-17-7-1-6-12-22(17)25(23)29-30-26)31-28-16-24-20-10-4-2-8-18(20)15-19-9-3-5-11-21(19)24/h1-12,15-16H,13-14H2,(H,29,30)(H,31,32). The van der Waals surface area contributed by atoms with Crippen LogP contribution in [0.5, 0.6) is 0 Å². The molecule has 0 saturated carbocycles. The Labute approximate surface area is 184 Å². The molecule has 4 aromatic carbocycles. The van der Waals surface area contributed by atoms with Crippen molar-refractivity contribution in [1.29, 1.82) is 0 Å². The minimum Gasteiger partial charge on any atom is -0.272 e. The second-order valence-electron chi connectivity index (χ2n) is 8.01. The Hall–Kier alpha value is -4.25. The zero-order valence-electron chi connectivity index (χ0n) is 17.3. The van der Waals surface area contributed by atoms with Crippen LogP contribution in [-0.2, 0) is 12.8 Å². The molecule has 0 radical (unpaired) electrons. The van der Waals surface area contributed by atoms with Crippen molar-refractivity contribution in [3.63, 3.8) is 0 Å². The van der Waals surface area contributed by atoms with Crippen LogP contribution >= 0.6 is 0 Å². The topological polar surface area (TPSA) is 70.1 Å². The minimum absolute atomic E-state index is 0.279. The number of hydrazone groups is 1. The maximum Gasteiger partial charge on any atom is 0.289 e. The van der Waals surface area contributed by atoms with Gasteiger partial charge in [-0.3, -0.25) is 9.89 Å². The van der Waals surface area contributed by atoms with E-state index in [4.69, 9.17) is 0 Å². The molecule has 1 heterocycles. The molecule has 6 rings (SSSR count). The molecule has 0 unspecified atom stereocenters. The van der Waals surface area contributed by atoms with Crippen LogP contribution in [0.1, 0.15) is 27.2 Å². The number of aromatic amines is 1. The second-order valence-corrected chi connectivity index (χ2v) is 8.01. The predicted molar refractivity (Wildman–Crippen MR) is 128 cm³/mol. The van der Waals surface area contributed by atoms with Gasteiger partial charge in [0, 0.05) is 16.7 Å². The van der Waals surface area contributed by atoms with Gasteiger partial charge < -0.3 is 0 Å². The third-order valence-corrected chi connectivity index (χ3v) is 6.18. The normalized spacial score (nSPS) is 12.8. The zero-order valence-corrected chi connectivity index (χ0v) is 17.3. The number of carbonyl (C=O) groups is 1. The molecule has 0 bridgehead atoms. The van der Waals surface area contributed by atoms with E-state index in [1.54, 1.807) is 6.21 Å². The fourth-order valence-electron chi connectivity index (χ4n) is 4.65. The average molecular weight is 416 g/mol. The van der Waals surface area contributed by atoms with E-state index in [-0.39, 0.29) is 5.91 Å². The van der Waals surface area contributed by atoms with Gasteiger partial charge in [0.05, 0.1) is 11.9 Å². The number of aromatic nitrogens is 2. The molecule has 32 heavy (non-hydrogen) atoms. The van der Waals surface area contributed by atoms with Crippen molar-refractivity contribution >= 4 is 33.7 Å². The maximum absolute atomic E-state index is 12.9. The van der Waals surface area contributed by atoms with Crippen molar-refractivity contribution in [2.45, 2.75) is 12.8 Å². The first kappa shape index (κ1) is 18.5. The summed E-state index contributed by atoms with van der Waals surface area (Å²) in [6, 6.07) is 26.8. The first-order valence-corrected chi connectivity index (χ1v) is 10.7. The van der Waals surface area contributed by atoms with Crippen molar-refractivity contribution in [2.24, 2.45) is 5.10 Å². The van der Waals surface area contributed by atoms with Crippen LogP contribution in [0.15, 0.2) is 84.0 Å². The van der Waals surface area contributed by atoms with Gasteiger partial charge in [0.25, 0.3) is 5.91 Å². The summed E-state index contributed by atoms with van der Waals surface area (Å²) in [5.74, 6) is -0.279. The highest BCUT2D eigenvalue weighted by atomic mass is 16.2. The highest BCUT2D eigenvalue weighted by Gasteiger charge is 2.24. The van der Waals surface area contributed by atoms with Crippen LogP contribution in [-0.4, -0.2) is 22.3 Å². The number of nitrogens with one attached hydrogen (secondary N) is 2. The molecule has 5 heteroatoms. The van der Waals surface area contributed by atoms with Gasteiger partial charge in [-0.1, -0.05) is 72.8 Å². The van der Waals surface area contributed by atoms with Crippen LogP contribution in [0.3, 0.4) is 0 Å². The summed E-state index contributed by atoms with van der Waals surface area (Å²) in [4.78, 5) is 12.9. The fraction of sp³-hybridized carbons (Fsp3) is 0.0741. The summed E-state index contributed by atoms with van der Waals surface area (Å²) >= 11 is 0. The third-order valence-electron chi connectivity index (χ3n) is 6.18. The molecule has 5 nitrogen and oxygen atoms in total. The second kappa shape index (κ2) is 7.46. The molecular formula is C27H20N4O. The van der Waals surface area contributed by atoms with E-state index in [0.29, 0.717) is 5.69 Å². The lowest BCUT2D eigenvalue weighted by atomic mass is 9.89. The van der Waals surface area contributed by atoms with Crippen LogP contribution in [0.2, 0.25) is 0 Å². The van der Waals surface area contributed by atoms with E-state index in [9.17, 15) is 4.79 Å². The first-order valence-electron chi connectivity index (χ1n) is 10.7. The van der Waals surface area contributed by atoms with E-state index >= 15 is 0 Å². The van der Waals surface area contributed by atoms with E-state index in [0.717, 1.165) is 56.8 Å². The first-order chi connectivity index (χ1) is 15.8. The monoisotopic (exact) mass is 416 g/mol. The van der Waals surface area contributed by atoms with Crippen molar-refractivity contribution < 1.29 is 4.79 Å². The Bertz CT molecular complexity index is 1480. The lowest BCUT2D eigenvalue weighted by Gasteiger charge is -2.15. The maximum atomic E-state index is 12.9. The smallest absolute Gasteiger partial charge is 0.272 e. The van der Waals surface area contributed by atoms with Gasteiger partial charge >= 0.3 is 0 Å². The van der Waals surface area contributed by atoms with Crippen molar-refractivity contribution in [2.75, 3.05) is 0 Å². The molecule has 5 aromatic rings. The number of nitrogens with zero attached hydrogens (tertiary/aromatic N) is 2. The van der Waals surface area contributed by atoms with Crippen LogP contribution < -0.4 is 5.43 Å². The Balaban J connectivity index is 1.33. The summed E-state index contributed by atoms with van der Waals surface area (Å²) in [7, 11) is 0. The fourth-order valence-corrected chi connectivity index (χ4v) is 4.65. The lowest BCUT2D eigenvalue weighted by molar-refractivity contribution is 0.0949. The van der Waals surface area contributed by atoms with E-state index in [2.05, 4.69) is 63.2 Å². The lowest BCUT2D eigenvalue weighted by Crippen LogP contribution is -2.20. The molecule has 1 amide bonds. The number of benzene rings is 4. The molecule has 0 spiro atoms. The number of hydrogen-bond acceptors (Lipinski definition) is 3. The van der Waals surface area contributed by atoms with Crippen LogP contribution in [0, 0.1) is 0 Å². The number of H-pyrrole nitrogens is 1. The summed E-state index contributed by atoms with van der Waals surface area (Å²) in [6.45, 7) is 0. The average Bonchev–Trinajstić information content (AvgIpc) is 3.28. The summed E-state index contributed by atoms with van der Waals surface area (Å²) in [5.41, 5.74) is 8.33. The number of aryl methyl sites for hydroxylation is 1. The Morgan fingerprint density at radius 2 is 1.59 bits per heavy atom. The zero-order chi connectivity index (χ0) is 21.5. The van der Waals surface area contributed by atoms with Gasteiger partial charge in [-0.05, 0) is 46.0 Å². The van der Waals surface area contributed by atoms with Crippen LogP contribution in [0.4, 0.5) is 0 Å². The van der Waals surface area contributed by atoms with Gasteiger partial charge in [-0.2, -0.15) is 10.2 Å². The molecule has 1 aromatic heterocycles. The van der Waals surface area contributed by atoms with Crippen molar-refractivity contribution in [1.82, 2.24) is 15.6 Å². The summed E-state index contributed by atoms with van der Waals surface area (Å²) < 4.78 is 0. The molecule has 154 valence electrons. The van der Waals surface area contributed by atoms with E-state index in [1.807, 2.05) is 36.4 Å². The van der Waals surface area contributed by atoms with Gasteiger partial charge in [0.2, 0.25) is 0 Å². The molecular weight excluding hydrogens is 396 g/mol.